The van der Waals surface area contributed by atoms with Crippen molar-refractivity contribution in [2.45, 2.75) is 251 Å². The number of phosphoric ester groups is 1. The molecule has 94 heavy (non-hydrogen) atoms. The normalized spacial score (nSPS) is 14.4. The number of nitrogens with zero attached hydrogens (tertiary/aromatic N) is 1. The minimum atomic E-state index is -4.42. The summed E-state index contributed by atoms with van der Waals surface area (Å²) >= 11 is 0. The van der Waals surface area contributed by atoms with Gasteiger partial charge in [0.2, 0.25) is 0 Å². The van der Waals surface area contributed by atoms with E-state index in [9.17, 15) is 19.0 Å². The number of hydrogen-bond donors (Lipinski definition) is 1. The van der Waals surface area contributed by atoms with Crippen LogP contribution < -0.4 is 0 Å². The fraction of sp³-hybridized carbons (Fsp3) is 0.548. The predicted molar refractivity (Wildman–Crippen MR) is 408 cm³/mol. The minimum Gasteiger partial charge on any atom is -0.462 e. The van der Waals surface area contributed by atoms with Crippen molar-refractivity contribution >= 4 is 19.8 Å². The molecule has 0 radical (unpaired) electrons. The van der Waals surface area contributed by atoms with E-state index in [1.165, 1.54) is 32.1 Å². The maximum absolute atomic E-state index is 12.9. The number of hydrogen-bond acceptors (Lipinski definition) is 7. The number of allylic oxidation sites excluding steroid dienone is 36. The van der Waals surface area contributed by atoms with Crippen molar-refractivity contribution < 1.29 is 42.1 Å². The molecule has 0 fully saturated rings. The highest BCUT2D eigenvalue weighted by Crippen LogP contribution is 2.43. The molecule has 9 nitrogen and oxygen atoms in total. The topological polar surface area (TPSA) is 108 Å². The maximum atomic E-state index is 12.9. The lowest BCUT2D eigenvalue weighted by Crippen LogP contribution is -2.37. The Bertz CT molecular complexity index is 2390. The fourth-order valence-electron chi connectivity index (χ4n) is 9.00. The Hall–Kier alpha value is -5.67. The van der Waals surface area contributed by atoms with E-state index in [0.717, 1.165) is 180 Å². The molecular weight excluding hydrogens is 1180 g/mol. The highest BCUT2D eigenvalue weighted by Gasteiger charge is 2.27. The Morgan fingerprint density at radius 1 is 0.330 bits per heavy atom. The number of carbonyl (C=O) groups excluding carboxylic acids is 2. The minimum absolute atomic E-state index is 0.0142. The standard InChI is InChI=1S/C84H132NO8P/c1-6-8-10-12-14-16-18-20-22-24-26-28-30-32-34-36-38-39-40-41-42-43-44-45-47-49-51-53-55-57-59-61-63-65-67-69-71-73-75-77-84(87)93-82(81-92-94(88,89)91-79-78-85(3,4)5)80-90-83(86)76-74-72-70-68-66-64-62-60-58-56-54-52-50-48-46-37-35-33-31-29-27-25-23-21-19-17-15-13-11-9-7-2/h8-11,14-17,20-23,26-29,32-35,38-39,41-42,44-46,48-49,51-52,54-55,57,61,63,82H,6-7,12-13,18-19,24-25,30-31,36-37,40,43,47,50,53,56,58-60,62,64-81H2,1-5H3/p+1/b10-8-,11-9-,16-14-,17-15-,22-20-,23-21-,28-26-,29-27-,34-32-,35-33-,39-38-,42-41-,45-44-,48-46-,51-49-,54-52-,57-55-,63-61-. The number of ether oxygens (including phenoxy) is 2. The van der Waals surface area contributed by atoms with Gasteiger partial charge in [0.25, 0.3) is 0 Å². The van der Waals surface area contributed by atoms with Gasteiger partial charge in [-0.25, -0.2) is 4.57 Å². The Labute approximate surface area is 576 Å². The van der Waals surface area contributed by atoms with Crippen LogP contribution in [0.5, 0.6) is 0 Å². The van der Waals surface area contributed by atoms with Crippen LogP contribution in [0.1, 0.15) is 245 Å². The summed E-state index contributed by atoms with van der Waals surface area (Å²) in [4.78, 5) is 35.9. The van der Waals surface area contributed by atoms with E-state index in [1.54, 1.807) is 0 Å². The van der Waals surface area contributed by atoms with Gasteiger partial charge in [-0.15, -0.1) is 0 Å². The van der Waals surface area contributed by atoms with Crippen molar-refractivity contribution in [1.29, 1.82) is 0 Å². The third-order valence-corrected chi connectivity index (χ3v) is 15.5. The summed E-state index contributed by atoms with van der Waals surface area (Å²) in [5.74, 6) is -0.843. The smallest absolute Gasteiger partial charge is 0.462 e. The monoisotopic (exact) mass is 1310 g/mol. The Morgan fingerprint density at radius 2 is 0.574 bits per heavy atom. The molecule has 0 aliphatic rings. The molecule has 526 valence electrons. The summed E-state index contributed by atoms with van der Waals surface area (Å²) in [6, 6.07) is 0. The van der Waals surface area contributed by atoms with E-state index in [0.29, 0.717) is 17.4 Å². The van der Waals surface area contributed by atoms with Crippen LogP contribution in [0.3, 0.4) is 0 Å². The van der Waals surface area contributed by atoms with Crippen molar-refractivity contribution in [1.82, 2.24) is 0 Å². The molecule has 0 bridgehead atoms. The van der Waals surface area contributed by atoms with Gasteiger partial charge in [-0.3, -0.25) is 18.6 Å². The molecule has 0 aliphatic heterocycles. The molecule has 0 rings (SSSR count). The summed E-state index contributed by atoms with van der Waals surface area (Å²) in [5, 5.41) is 0. The number of carbonyl (C=O) groups is 2. The third-order valence-electron chi connectivity index (χ3n) is 14.5. The molecule has 0 aromatic rings. The molecule has 2 unspecified atom stereocenters. The molecule has 0 saturated heterocycles. The highest BCUT2D eigenvalue weighted by molar-refractivity contribution is 7.47. The van der Waals surface area contributed by atoms with E-state index in [1.807, 2.05) is 21.1 Å². The summed E-state index contributed by atoms with van der Waals surface area (Å²) in [6.07, 6.45) is 115. The van der Waals surface area contributed by atoms with E-state index in [4.69, 9.17) is 18.5 Å². The van der Waals surface area contributed by atoms with Crippen LogP contribution in [-0.4, -0.2) is 74.9 Å². The largest absolute Gasteiger partial charge is 0.472 e. The molecule has 0 saturated carbocycles. The van der Waals surface area contributed by atoms with Crippen molar-refractivity contribution in [2.24, 2.45) is 0 Å². The molecular formula is C84H133NO8P+. The average molecular weight is 1320 g/mol. The van der Waals surface area contributed by atoms with Crippen molar-refractivity contribution in [3.05, 3.63) is 219 Å². The number of likely N-dealkylation sites (N-methyl/N-ethyl adjacent to an activating group) is 1. The van der Waals surface area contributed by atoms with Crippen LogP contribution in [0.4, 0.5) is 0 Å². The van der Waals surface area contributed by atoms with Crippen LogP contribution in [0.2, 0.25) is 0 Å². The summed E-state index contributed by atoms with van der Waals surface area (Å²) in [6.45, 7) is 4.15. The third kappa shape index (κ3) is 75.4. The summed E-state index contributed by atoms with van der Waals surface area (Å²) in [5.41, 5.74) is 0. The van der Waals surface area contributed by atoms with E-state index in [-0.39, 0.29) is 32.0 Å². The van der Waals surface area contributed by atoms with Crippen molar-refractivity contribution in [3.8, 4) is 0 Å². The van der Waals surface area contributed by atoms with E-state index < -0.39 is 26.5 Å². The molecule has 1 N–H and O–H groups in total. The average Bonchev–Trinajstić information content (AvgIpc) is 1.56. The van der Waals surface area contributed by atoms with Gasteiger partial charge in [0.05, 0.1) is 27.7 Å². The van der Waals surface area contributed by atoms with Gasteiger partial charge in [-0.05, 0) is 154 Å². The first kappa shape index (κ1) is 88.3. The van der Waals surface area contributed by atoms with Crippen molar-refractivity contribution in [3.63, 3.8) is 0 Å². The molecule has 0 spiro atoms. The zero-order valence-corrected chi connectivity index (χ0v) is 60.7. The maximum Gasteiger partial charge on any atom is 0.472 e. The SMILES string of the molecule is CC/C=C\C/C=C\C/C=C\C/C=C\C/C=C\C/C=C\C/C=C\C/C=C\C/C=C\C/C=C\C/C=C\CCCCCCCC(=O)OC(COC(=O)CCCCCCCCCCC/C=C\C/C=C\C/C=C\C/C=C\C/C=C\C/C=C\C/C=C\CC)COP(=O)(O)OCC[N+](C)(C)C. The Kier molecular flexibility index (Phi) is 67.3. The van der Waals surface area contributed by atoms with Crippen LogP contribution in [0, 0.1) is 0 Å². The zero-order valence-electron chi connectivity index (χ0n) is 59.8. The molecule has 0 aliphatic carbocycles. The molecule has 0 heterocycles. The first-order valence-corrected chi connectivity index (χ1v) is 38.0. The van der Waals surface area contributed by atoms with Crippen LogP contribution in [0.25, 0.3) is 0 Å². The molecule has 0 aromatic carbocycles. The summed E-state index contributed by atoms with van der Waals surface area (Å²) < 4.78 is 34.7. The second-order valence-corrected chi connectivity index (χ2v) is 26.0. The van der Waals surface area contributed by atoms with Crippen LogP contribution in [0.15, 0.2) is 219 Å². The number of unbranched alkanes of at least 4 members (excludes halogenated alkanes) is 14. The first-order valence-electron chi connectivity index (χ1n) is 36.5. The number of quaternary nitrogens is 1. The first-order chi connectivity index (χ1) is 46.0. The lowest BCUT2D eigenvalue weighted by atomic mass is 10.1. The molecule has 0 amide bonds. The highest BCUT2D eigenvalue weighted by atomic mass is 31.2. The summed E-state index contributed by atoms with van der Waals surface area (Å²) in [7, 11) is 1.43. The van der Waals surface area contributed by atoms with E-state index in [2.05, 4.69) is 233 Å². The van der Waals surface area contributed by atoms with Gasteiger partial charge in [0, 0.05) is 12.8 Å². The Balaban J connectivity index is 4.20. The van der Waals surface area contributed by atoms with Gasteiger partial charge in [0.15, 0.2) is 6.10 Å². The van der Waals surface area contributed by atoms with E-state index >= 15 is 0 Å². The van der Waals surface area contributed by atoms with Crippen molar-refractivity contribution in [2.75, 3.05) is 47.5 Å². The van der Waals surface area contributed by atoms with Gasteiger partial charge in [-0.2, -0.15) is 0 Å². The second-order valence-electron chi connectivity index (χ2n) is 24.5. The number of phosphoric acid groups is 1. The van der Waals surface area contributed by atoms with Crippen LogP contribution >= 0.6 is 7.82 Å². The van der Waals surface area contributed by atoms with Crippen LogP contribution in [-0.2, 0) is 32.7 Å². The lowest BCUT2D eigenvalue weighted by Gasteiger charge is -2.24. The van der Waals surface area contributed by atoms with Gasteiger partial charge in [0.1, 0.15) is 19.8 Å². The number of rotatable bonds is 64. The van der Waals surface area contributed by atoms with Gasteiger partial charge in [-0.1, -0.05) is 297 Å². The predicted octanol–water partition coefficient (Wildman–Crippen LogP) is 24.4. The zero-order chi connectivity index (χ0) is 68.3. The van der Waals surface area contributed by atoms with Gasteiger partial charge < -0.3 is 18.9 Å². The second kappa shape index (κ2) is 71.6. The molecule has 0 aromatic heterocycles. The lowest BCUT2D eigenvalue weighted by molar-refractivity contribution is -0.870. The van der Waals surface area contributed by atoms with Gasteiger partial charge >= 0.3 is 19.8 Å². The number of esters is 2. The Morgan fingerprint density at radius 3 is 0.851 bits per heavy atom. The fourth-order valence-corrected chi connectivity index (χ4v) is 9.74. The quantitative estimate of drug-likeness (QED) is 0.0211. The molecule has 2 atom stereocenters. The molecule has 10 heteroatoms.